The number of nitrogens with zero attached hydrogens (tertiary/aromatic N) is 1. The van der Waals surface area contributed by atoms with Crippen molar-refractivity contribution in [1.82, 2.24) is 4.31 Å². The molecule has 0 amide bonds. The summed E-state index contributed by atoms with van der Waals surface area (Å²) < 4.78 is 27.1. The number of aryl methyl sites for hydroxylation is 2. The Labute approximate surface area is 138 Å². The highest BCUT2D eigenvalue weighted by atomic mass is 32.2. The van der Waals surface area contributed by atoms with Crippen molar-refractivity contribution >= 4 is 15.6 Å². The zero-order chi connectivity index (χ0) is 16.4. The second kappa shape index (κ2) is 6.30. The molecular weight excluding hydrogens is 306 g/mol. The molecular formula is C19H21NO2S. The molecule has 0 saturated carbocycles. The van der Waals surface area contributed by atoms with Crippen molar-refractivity contribution in [3.05, 3.63) is 71.3 Å². The minimum Gasteiger partial charge on any atom is -0.207 e. The van der Waals surface area contributed by atoms with E-state index >= 15 is 0 Å². The first-order chi connectivity index (χ1) is 11.0. The van der Waals surface area contributed by atoms with Gasteiger partial charge in [-0.2, -0.15) is 4.31 Å². The molecule has 0 N–H and O–H groups in total. The molecule has 2 aromatic rings. The van der Waals surface area contributed by atoms with Crippen molar-refractivity contribution in [2.45, 2.75) is 25.2 Å². The van der Waals surface area contributed by atoms with Crippen LogP contribution in [0.25, 0.3) is 5.57 Å². The van der Waals surface area contributed by atoms with Crippen LogP contribution >= 0.6 is 0 Å². The van der Waals surface area contributed by atoms with Gasteiger partial charge in [0.05, 0.1) is 4.90 Å². The second-order valence-corrected chi connectivity index (χ2v) is 7.89. The number of benzene rings is 2. The van der Waals surface area contributed by atoms with Crippen LogP contribution in [-0.4, -0.2) is 25.8 Å². The molecule has 0 fully saturated rings. The molecule has 1 aliphatic rings. The number of hydrogen-bond acceptors (Lipinski definition) is 2. The van der Waals surface area contributed by atoms with E-state index in [2.05, 4.69) is 12.1 Å². The van der Waals surface area contributed by atoms with Gasteiger partial charge in [0.1, 0.15) is 0 Å². The van der Waals surface area contributed by atoms with E-state index in [1.54, 1.807) is 16.4 Å². The van der Waals surface area contributed by atoms with E-state index in [1.165, 1.54) is 11.1 Å². The average Bonchev–Trinajstić information content (AvgIpc) is 2.58. The van der Waals surface area contributed by atoms with E-state index in [0.29, 0.717) is 18.0 Å². The Morgan fingerprint density at radius 3 is 2.30 bits per heavy atom. The van der Waals surface area contributed by atoms with Crippen molar-refractivity contribution in [1.29, 1.82) is 0 Å². The Morgan fingerprint density at radius 2 is 1.70 bits per heavy atom. The molecule has 2 aromatic carbocycles. The Morgan fingerprint density at radius 1 is 0.957 bits per heavy atom. The molecule has 0 aliphatic carbocycles. The molecule has 1 heterocycles. The van der Waals surface area contributed by atoms with Crippen LogP contribution in [0.5, 0.6) is 0 Å². The minimum absolute atomic E-state index is 0.386. The van der Waals surface area contributed by atoms with E-state index in [4.69, 9.17) is 0 Å². The number of hydrogen-bond donors (Lipinski definition) is 0. The van der Waals surface area contributed by atoms with Crippen LogP contribution in [0.2, 0.25) is 0 Å². The van der Waals surface area contributed by atoms with Gasteiger partial charge in [-0.05, 0) is 54.7 Å². The van der Waals surface area contributed by atoms with Gasteiger partial charge in [-0.3, -0.25) is 0 Å². The molecule has 0 saturated heterocycles. The van der Waals surface area contributed by atoms with Crippen LogP contribution in [0.15, 0.2) is 59.5 Å². The zero-order valence-corrected chi connectivity index (χ0v) is 14.3. The van der Waals surface area contributed by atoms with E-state index in [0.717, 1.165) is 17.5 Å². The SMILES string of the molecule is Cc1ccc(S(=O)(=O)N2CC=C(c3ccccc3)CC2)cc1C. The molecule has 4 heteroatoms. The van der Waals surface area contributed by atoms with Crippen molar-refractivity contribution in [2.24, 2.45) is 0 Å². The Balaban J connectivity index is 1.83. The van der Waals surface area contributed by atoms with Crippen molar-refractivity contribution in [3.63, 3.8) is 0 Å². The molecule has 3 rings (SSSR count). The predicted molar refractivity (Wildman–Crippen MR) is 93.7 cm³/mol. The van der Waals surface area contributed by atoms with Crippen molar-refractivity contribution in [3.8, 4) is 0 Å². The molecule has 0 unspecified atom stereocenters. The van der Waals surface area contributed by atoms with Gasteiger partial charge < -0.3 is 0 Å². The molecule has 120 valence electrons. The molecule has 0 aromatic heterocycles. The third-order valence-electron chi connectivity index (χ3n) is 4.43. The summed E-state index contributed by atoms with van der Waals surface area (Å²) in [5, 5.41) is 0. The summed E-state index contributed by atoms with van der Waals surface area (Å²) in [6.45, 7) is 4.88. The fraction of sp³-hybridized carbons (Fsp3) is 0.263. The quantitative estimate of drug-likeness (QED) is 0.860. The summed E-state index contributed by atoms with van der Waals surface area (Å²) >= 11 is 0. The number of rotatable bonds is 3. The molecule has 1 aliphatic heterocycles. The van der Waals surface area contributed by atoms with Gasteiger partial charge in [0, 0.05) is 13.1 Å². The summed E-state index contributed by atoms with van der Waals surface area (Å²) in [5.74, 6) is 0. The van der Waals surface area contributed by atoms with Crippen LogP contribution in [0.1, 0.15) is 23.1 Å². The molecule has 0 radical (unpaired) electrons. The average molecular weight is 327 g/mol. The number of sulfonamides is 1. The Kier molecular flexibility index (Phi) is 4.37. The van der Waals surface area contributed by atoms with Crippen LogP contribution in [0, 0.1) is 13.8 Å². The van der Waals surface area contributed by atoms with Gasteiger partial charge in [-0.1, -0.05) is 42.5 Å². The molecule has 0 atom stereocenters. The zero-order valence-electron chi connectivity index (χ0n) is 13.5. The minimum atomic E-state index is -3.42. The lowest BCUT2D eigenvalue weighted by atomic mass is 10.0. The van der Waals surface area contributed by atoms with Crippen LogP contribution in [0.3, 0.4) is 0 Å². The van der Waals surface area contributed by atoms with E-state index in [-0.39, 0.29) is 0 Å². The first-order valence-electron chi connectivity index (χ1n) is 7.80. The largest absolute Gasteiger partial charge is 0.243 e. The smallest absolute Gasteiger partial charge is 0.207 e. The van der Waals surface area contributed by atoms with Gasteiger partial charge in [-0.25, -0.2) is 8.42 Å². The highest BCUT2D eigenvalue weighted by Gasteiger charge is 2.26. The fourth-order valence-corrected chi connectivity index (χ4v) is 4.27. The van der Waals surface area contributed by atoms with Crippen LogP contribution in [0.4, 0.5) is 0 Å². The summed E-state index contributed by atoms with van der Waals surface area (Å²) in [5.41, 5.74) is 4.50. The monoisotopic (exact) mass is 327 g/mol. The van der Waals surface area contributed by atoms with E-state index in [9.17, 15) is 8.42 Å². The Hall–Kier alpha value is -1.91. The van der Waals surface area contributed by atoms with Gasteiger partial charge in [-0.15, -0.1) is 0 Å². The van der Waals surface area contributed by atoms with Gasteiger partial charge in [0.2, 0.25) is 10.0 Å². The van der Waals surface area contributed by atoms with Gasteiger partial charge >= 0.3 is 0 Å². The molecule has 23 heavy (non-hydrogen) atoms. The summed E-state index contributed by atoms with van der Waals surface area (Å²) in [4.78, 5) is 0.386. The maximum Gasteiger partial charge on any atom is 0.243 e. The normalized spacial score (nSPS) is 16.2. The second-order valence-electron chi connectivity index (χ2n) is 5.95. The van der Waals surface area contributed by atoms with Gasteiger partial charge in [0.15, 0.2) is 0 Å². The molecule has 0 spiro atoms. The third-order valence-corrected chi connectivity index (χ3v) is 6.29. The first kappa shape index (κ1) is 16.0. The lowest BCUT2D eigenvalue weighted by Gasteiger charge is -2.26. The lowest BCUT2D eigenvalue weighted by molar-refractivity contribution is 0.441. The lowest BCUT2D eigenvalue weighted by Crippen LogP contribution is -2.34. The van der Waals surface area contributed by atoms with Crippen LogP contribution in [-0.2, 0) is 10.0 Å². The highest BCUT2D eigenvalue weighted by molar-refractivity contribution is 7.89. The maximum absolute atomic E-state index is 12.8. The topological polar surface area (TPSA) is 37.4 Å². The molecule has 3 nitrogen and oxygen atoms in total. The van der Waals surface area contributed by atoms with Crippen molar-refractivity contribution in [2.75, 3.05) is 13.1 Å². The predicted octanol–water partition coefficient (Wildman–Crippen LogP) is 3.78. The fourth-order valence-electron chi connectivity index (χ4n) is 2.81. The van der Waals surface area contributed by atoms with Crippen molar-refractivity contribution < 1.29 is 8.42 Å². The summed E-state index contributed by atoms with van der Waals surface area (Å²) in [6, 6.07) is 15.5. The van der Waals surface area contributed by atoms with E-state index < -0.39 is 10.0 Å². The molecule has 0 bridgehead atoms. The van der Waals surface area contributed by atoms with E-state index in [1.807, 2.05) is 44.2 Å². The standard InChI is InChI=1S/C19H21NO2S/c1-15-8-9-19(14-16(15)2)23(21,22)20-12-10-18(11-13-20)17-6-4-3-5-7-17/h3-10,14H,11-13H2,1-2H3. The first-order valence-corrected chi connectivity index (χ1v) is 9.24. The summed E-state index contributed by atoms with van der Waals surface area (Å²) in [6.07, 6.45) is 2.77. The summed E-state index contributed by atoms with van der Waals surface area (Å²) in [7, 11) is -3.42. The maximum atomic E-state index is 12.8. The Bertz CT molecular complexity index is 839. The van der Waals surface area contributed by atoms with Gasteiger partial charge in [0.25, 0.3) is 0 Å². The van der Waals surface area contributed by atoms with Crippen LogP contribution < -0.4 is 0 Å². The highest BCUT2D eigenvalue weighted by Crippen LogP contribution is 2.26. The third kappa shape index (κ3) is 3.23.